The molecule has 0 bridgehead atoms. The van der Waals surface area contributed by atoms with Gasteiger partial charge >= 0.3 is 6.18 Å². The van der Waals surface area contributed by atoms with Crippen molar-refractivity contribution in [3.05, 3.63) is 107 Å². The van der Waals surface area contributed by atoms with Gasteiger partial charge in [0.2, 0.25) is 0 Å². The molecule has 0 fully saturated rings. The Hall–Kier alpha value is -4.60. The molecule has 0 radical (unpaired) electrons. The molecule has 0 aliphatic rings. The van der Waals surface area contributed by atoms with Crippen LogP contribution in [0.4, 0.5) is 13.2 Å². The summed E-state index contributed by atoms with van der Waals surface area (Å²) in [4.78, 5) is 39.0. The summed E-state index contributed by atoms with van der Waals surface area (Å²) in [6, 6.07) is 12.4. The molecule has 1 aromatic carbocycles. The van der Waals surface area contributed by atoms with Crippen molar-refractivity contribution in [2.45, 2.75) is 19.1 Å². The third-order valence-electron chi connectivity index (χ3n) is 5.82. The Morgan fingerprint density at radius 1 is 0.944 bits per heavy atom. The minimum absolute atomic E-state index is 0.189. The van der Waals surface area contributed by atoms with Crippen molar-refractivity contribution in [3.8, 4) is 5.69 Å². The molecule has 0 aliphatic heterocycles. The van der Waals surface area contributed by atoms with Gasteiger partial charge in [-0.15, -0.1) is 0 Å². The van der Waals surface area contributed by atoms with Crippen molar-refractivity contribution in [2.24, 2.45) is 0 Å². The summed E-state index contributed by atoms with van der Waals surface area (Å²) >= 11 is 0. The number of alkyl halides is 3. The van der Waals surface area contributed by atoms with Gasteiger partial charge in [0.05, 0.1) is 33.9 Å². The van der Waals surface area contributed by atoms with Gasteiger partial charge in [0.1, 0.15) is 5.65 Å². The number of fused-ring (bicyclic) bond motifs is 3. The SMILES string of the molecule is C[C@H](NC(=O)c1cnc2c(c1)c1cnccc1c(=O)n2-c1ccc(C(F)(F)F)cc1)c1ccccn1. The number of pyridine rings is 4. The molecule has 10 heteroatoms. The second-order valence-electron chi connectivity index (χ2n) is 8.15. The van der Waals surface area contributed by atoms with Crippen LogP contribution in [-0.2, 0) is 6.18 Å². The molecular weight excluding hydrogens is 471 g/mol. The summed E-state index contributed by atoms with van der Waals surface area (Å²) in [5.41, 5.74) is 0.0360. The van der Waals surface area contributed by atoms with Crippen LogP contribution in [0.2, 0.25) is 0 Å². The molecule has 0 saturated carbocycles. The topological polar surface area (TPSA) is 89.8 Å². The zero-order valence-corrected chi connectivity index (χ0v) is 18.8. The van der Waals surface area contributed by atoms with E-state index in [-0.39, 0.29) is 22.9 Å². The molecule has 1 amide bonds. The molecule has 0 saturated heterocycles. The van der Waals surface area contributed by atoms with E-state index in [0.717, 1.165) is 12.1 Å². The molecule has 180 valence electrons. The van der Waals surface area contributed by atoms with E-state index >= 15 is 0 Å². The first-order valence-electron chi connectivity index (χ1n) is 10.9. The predicted molar refractivity (Wildman–Crippen MR) is 128 cm³/mol. The molecule has 7 nitrogen and oxygen atoms in total. The lowest BCUT2D eigenvalue weighted by Gasteiger charge is -2.15. The minimum Gasteiger partial charge on any atom is -0.344 e. The van der Waals surface area contributed by atoms with E-state index in [0.29, 0.717) is 21.9 Å². The number of hydrogen-bond acceptors (Lipinski definition) is 5. The molecule has 1 atom stereocenters. The van der Waals surface area contributed by atoms with E-state index in [9.17, 15) is 22.8 Å². The van der Waals surface area contributed by atoms with Gasteiger partial charge in [-0.2, -0.15) is 13.2 Å². The number of carbonyl (C=O) groups is 1. The standard InChI is InChI=1S/C26H18F3N5O2/c1-15(22-4-2-3-10-31-22)33-24(35)16-12-20-21-14-30-11-9-19(21)25(36)34(23(20)32-13-16)18-7-5-17(6-8-18)26(27,28)29/h2-15H,1H3,(H,33,35)/t15-/m0/s1. The van der Waals surface area contributed by atoms with Crippen LogP contribution < -0.4 is 10.9 Å². The average Bonchev–Trinajstić information content (AvgIpc) is 2.89. The summed E-state index contributed by atoms with van der Waals surface area (Å²) in [5, 5.41) is 4.09. The van der Waals surface area contributed by atoms with Crippen molar-refractivity contribution in [1.29, 1.82) is 0 Å². The van der Waals surface area contributed by atoms with Crippen molar-refractivity contribution >= 4 is 27.7 Å². The maximum absolute atomic E-state index is 13.3. The van der Waals surface area contributed by atoms with Crippen LogP contribution >= 0.6 is 0 Å². The Balaban J connectivity index is 1.63. The average molecular weight is 489 g/mol. The number of rotatable bonds is 4. The quantitative estimate of drug-likeness (QED) is 0.365. The Labute approximate surface area is 202 Å². The van der Waals surface area contributed by atoms with Gasteiger partial charge in [0.25, 0.3) is 11.5 Å². The number of nitrogens with zero attached hydrogens (tertiary/aromatic N) is 4. The van der Waals surface area contributed by atoms with Gasteiger partial charge in [0.15, 0.2) is 0 Å². The normalized spacial score (nSPS) is 12.6. The van der Waals surface area contributed by atoms with Crippen molar-refractivity contribution in [3.63, 3.8) is 0 Å². The first-order chi connectivity index (χ1) is 17.2. The van der Waals surface area contributed by atoms with E-state index in [1.807, 2.05) is 6.07 Å². The van der Waals surface area contributed by atoms with Crippen LogP contribution in [0.5, 0.6) is 0 Å². The first-order valence-corrected chi connectivity index (χ1v) is 10.9. The van der Waals surface area contributed by atoms with Gasteiger partial charge < -0.3 is 5.32 Å². The lowest BCUT2D eigenvalue weighted by Crippen LogP contribution is -2.27. The van der Waals surface area contributed by atoms with E-state index in [4.69, 9.17) is 0 Å². The number of benzene rings is 1. The molecule has 36 heavy (non-hydrogen) atoms. The molecule has 4 aromatic heterocycles. The second-order valence-corrected chi connectivity index (χ2v) is 8.15. The maximum Gasteiger partial charge on any atom is 0.416 e. The van der Waals surface area contributed by atoms with Gasteiger partial charge in [-0.1, -0.05) is 6.07 Å². The van der Waals surface area contributed by atoms with Gasteiger partial charge in [0, 0.05) is 35.6 Å². The molecule has 0 unspecified atom stereocenters. The summed E-state index contributed by atoms with van der Waals surface area (Å²) < 4.78 is 40.4. The molecule has 0 spiro atoms. The highest BCUT2D eigenvalue weighted by atomic mass is 19.4. The Kier molecular flexibility index (Phi) is 5.71. The fraction of sp³-hybridized carbons (Fsp3) is 0.115. The molecule has 5 rings (SSSR count). The third kappa shape index (κ3) is 4.17. The lowest BCUT2D eigenvalue weighted by molar-refractivity contribution is -0.137. The zero-order valence-electron chi connectivity index (χ0n) is 18.8. The van der Waals surface area contributed by atoms with E-state index < -0.39 is 23.2 Å². The number of hydrogen-bond donors (Lipinski definition) is 1. The fourth-order valence-corrected chi connectivity index (χ4v) is 4.00. The highest BCUT2D eigenvalue weighted by Gasteiger charge is 2.30. The highest BCUT2D eigenvalue weighted by Crippen LogP contribution is 2.30. The molecule has 4 heterocycles. The van der Waals surface area contributed by atoms with E-state index in [1.165, 1.54) is 41.4 Å². The second kappa shape index (κ2) is 8.88. The van der Waals surface area contributed by atoms with Gasteiger partial charge in [-0.3, -0.25) is 24.1 Å². The van der Waals surface area contributed by atoms with E-state index in [2.05, 4.69) is 20.3 Å². The number of carbonyl (C=O) groups excluding carboxylic acids is 1. The summed E-state index contributed by atoms with van der Waals surface area (Å²) in [5.74, 6) is -0.396. The highest BCUT2D eigenvalue weighted by molar-refractivity contribution is 6.07. The van der Waals surface area contributed by atoms with Crippen molar-refractivity contribution in [2.75, 3.05) is 0 Å². The smallest absolute Gasteiger partial charge is 0.344 e. The van der Waals surface area contributed by atoms with E-state index in [1.54, 1.807) is 31.3 Å². The van der Waals surface area contributed by atoms with Crippen LogP contribution in [-0.4, -0.2) is 25.4 Å². The maximum atomic E-state index is 13.3. The van der Waals surface area contributed by atoms with Crippen LogP contribution in [0, 0.1) is 0 Å². The van der Waals surface area contributed by atoms with Gasteiger partial charge in [-0.05, 0) is 55.5 Å². The largest absolute Gasteiger partial charge is 0.416 e. The molecule has 0 aliphatic carbocycles. The van der Waals surface area contributed by atoms with Crippen molar-refractivity contribution in [1.82, 2.24) is 24.8 Å². The molecule has 1 N–H and O–H groups in total. The fourth-order valence-electron chi connectivity index (χ4n) is 4.00. The Morgan fingerprint density at radius 3 is 2.42 bits per heavy atom. The van der Waals surface area contributed by atoms with Gasteiger partial charge in [-0.25, -0.2) is 4.98 Å². The Morgan fingerprint density at radius 2 is 1.72 bits per heavy atom. The summed E-state index contributed by atoms with van der Waals surface area (Å²) in [6.07, 6.45) is 1.40. The number of amides is 1. The van der Waals surface area contributed by atoms with Crippen LogP contribution in [0.3, 0.4) is 0 Å². The summed E-state index contributed by atoms with van der Waals surface area (Å²) in [7, 11) is 0. The predicted octanol–water partition coefficient (Wildman–Crippen LogP) is 4.84. The Bertz CT molecular complexity index is 1650. The van der Waals surface area contributed by atoms with Crippen LogP contribution in [0.1, 0.15) is 34.6 Å². The number of halogens is 3. The van der Waals surface area contributed by atoms with Crippen molar-refractivity contribution < 1.29 is 18.0 Å². The molecular formula is C26H18F3N5O2. The first kappa shape index (κ1) is 23.2. The third-order valence-corrected chi connectivity index (χ3v) is 5.82. The number of nitrogens with one attached hydrogen (secondary N) is 1. The zero-order chi connectivity index (χ0) is 25.4. The van der Waals surface area contributed by atoms with Crippen LogP contribution in [0.25, 0.3) is 27.5 Å². The minimum atomic E-state index is -4.51. The monoisotopic (exact) mass is 489 g/mol. The number of aromatic nitrogens is 4. The lowest BCUT2D eigenvalue weighted by atomic mass is 10.1. The summed E-state index contributed by atoms with van der Waals surface area (Å²) in [6.45, 7) is 1.80. The molecule has 5 aromatic rings. The van der Waals surface area contributed by atoms with Crippen LogP contribution in [0.15, 0.2) is 84.2 Å².